The summed E-state index contributed by atoms with van der Waals surface area (Å²) in [6.45, 7) is 5.97. The molecular formula is C38H36N2O6. The molecule has 0 aliphatic heterocycles. The minimum Gasteiger partial charge on any atom is -0.485 e. The average Bonchev–Trinajstić information content (AvgIpc) is 3.08. The van der Waals surface area contributed by atoms with E-state index in [0.717, 1.165) is 16.7 Å². The zero-order valence-electron chi connectivity index (χ0n) is 26.1. The normalized spacial score (nSPS) is 11.4. The van der Waals surface area contributed by atoms with Crippen LogP contribution < -0.4 is 9.47 Å². The minimum atomic E-state index is -1.25. The molecule has 1 aromatic heterocycles. The second-order valence-corrected chi connectivity index (χ2v) is 10.8. The zero-order valence-corrected chi connectivity index (χ0v) is 26.1. The highest BCUT2D eigenvalue weighted by Crippen LogP contribution is 2.31. The summed E-state index contributed by atoms with van der Waals surface area (Å²) in [6, 6.07) is 34.4. The molecule has 5 rings (SSSR count). The summed E-state index contributed by atoms with van der Waals surface area (Å²) in [5.74, 6) is -0.387. The van der Waals surface area contributed by atoms with Crippen LogP contribution in [0.2, 0.25) is 0 Å². The first-order valence-corrected chi connectivity index (χ1v) is 15.1. The van der Waals surface area contributed by atoms with Gasteiger partial charge < -0.3 is 18.9 Å². The van der Waals surface area contributed by atoms with Crippen molar-refractivity contribution in [2.24, 2.45) is 0 Å². The summed E-state index contributed by atoms with van der Waals surface area (Å²) < 4.78 is 23.8. The van der Waals surface area contributed by atoms with Crippen LogP contribution in [0.5, 0.6) is 11.5 Å². The van der Waals surface area contributed by atoms with E-state index in [1.54, 1.807) is 26.0 Å². The Bertz CT molecular complexity index is 1760. The molecule has 8 nitrogen and oxygen atoms in total. The van der Waals surface area contributed by atoms with Crippen LogP contribution in [0.4, 0.5) is 0 Å². The van der Waals surface area contributed by atoms with Crippen molar-refractivity contribution in [3.8, 4) is 11.5 Å². The average molecular weight is 617 g/mol. The van der Waals surface area contributed by atoms with Gasteiger partial charge in [-0.05, 0) is 55.2 Å². The minimum absolute atomic E-state index is 0.0356. The lowest BCUT2D eigenvalue weighted by Crippen LogP contribution is -2.32. The lowest BCUT2D eigenvalue weighted by atomic mass is 10.1. The molecule has 0 amide bonds. The number of hydrogen-bond donors (Lipinski definition) is 0. The van der Waals surface area contributed by atoms with E-state index >= 15 is 0 Å². The largest absolute Gasteiger partial charge is 0.485 e. The van der Waals surface area contributed by atoms with Crippen LogP contribution in [0.3, 0.4) is 0 Å². The number of aryl methyl sites for hydroxylation is 3. The maximum Gasteiger partial charge on any atom is 0.359 e. The summed E-state index contributed by atoms with van der Waals surface area (Å²) in [5.41, 5.74) is 5.29. The van der Waals surface area contributed by atoms with E-state index in [1.807, 2.05) is 104 Å². The molecule has 0 aliphatic rings. The number of benzene rings is 4. The molecule has 0 saturated heterocycles. The Hall–Kier alpha value is -5.50. The summed E-state index contributed by atoms with van der Waals surface area (Å²) >= 11 is 0. The molecule has 0 bridgehead atoms. The molecule has 0 radical (unpaired) electrons. The summed E-state index contributed by atoms with van der Waals surface area (Å²) in [7, 11) is 0. The van der Waals surface area contributed by atoms with Crippen molar-refractivity contribution in [1.29, 1.82) is 0 Å². The molecule has 0 fully saturated rings. The molecular weight excluding hydrogens is 580 g/mol. The fourth-order valence-corrected chi connectivity index (χ4v) is 4.68. The highest BCUT2D eigenvalue weighted by atomic mass is 16.6. The van der Waals surface area contributed by atoms with Gasteiger partial charge >= 0.3 is 11.9 Å². The monoisotopic (exact) mass is 616 g/mol. The number of rotatable bonds is 13. The fourth-order valence-electron chi connectivity index (χ4n) is 4.68. The molecule has 234 valence electrons. The van der Waals surface area contributed by atoms with E-state index in [2.05, 4.69) is 9.97 Å². The van der Waals surface area contributed by atoms with Gasteiger partial charge in [0.05, 0.1) is 17.1 Å². The Labute approximate surface area is 269 Å². The van der Waals surface area contributed by atoms with Gasteiger partial charge in [0, 0.05) is 6.42 Å². The van der Waals surface area contributed by atoms with Gasteiger partial charge in [0.25, 0.3) is 0 Å². The number of aromatic nitrogens is 2. The Kier molecular flexibility index (Phi) is 10.7. The van der Waals surface area contributed by atoms with E-state index in [9.17, 15) is 9.59 Å². The van der Waals surface area contributed by atoms with Gasteiger partial charge in [-0.15, -0.1) is 0 Å². The topological polar surface area (TPSA) is 96.8 Å². The maximum atomic E-state index is 13.4. The number of carbonyl (C=O) groups excluding carboxylic acids is 2. The van der Waals surface area contributed by atoms with E-state index in [-0.39, 0.29) is 18.7 Å². The predicted octanol–water partition coefficient (Wildman–Crippen LogP) is 7.07. The highest BCUT2D eigenvalue weighted by molar-refractivity contribution is 5.90. The zero-order chi connectivity index (χ0) is 32.3. The van der Waals surface area contributed by atoms with Crippen molar-refractivity contribution < 1.29 is 28.5 Å². The third-order valence-corrected chi connectivity index (χ3v) is 7.31. The number of nitrogens with zero attached hydrogens (tertiary/aromatic N) is 2. The van der Waals surface area contributed by atoms with Gasteiger partial charge in [0.1, 0.15) is 19.8 Å². The van der Waals surface area contributed by atoms with Gasteiger partial charge in [-0.2, -0.15) is 0 Å². The van der Waals surface area contributed by atoms with Gasteiger partial charge in [0.15, 0.2) is 17.2 Å². The molecule has 0 spiro atoms. The lowest BCUT2D eigenvalue weighted by molar-refractivity contribution is -0.155. The molecule has 0 N–H and O–H groups in total. The van der Waals surface area contributed by atoms with Crippen molar-refractivity contribution >= 4 is 11.9 Å². The number of esters is 2. The number of ether oxygens (including phenoxy) is 4. The Balaban J connectivity index is 1.39. The molecule has 0 saturated carbocycles. The molecule has 46 heavy (non-hydrogen) atoms. The van der Waals surface area contributed by atoms with Crippen LogP contribution >= 0.6 is 0 Å². The van der Waals surface area contributed by atoms with Crippen molar-refractivity contribution in [1.82, 2.24) is 9.97 Å². The van der Waals surface area contributed by atoms with Crippen molar-refractivity contribution in [2.45, 2.75) is 53.1 Å². The summed E-state index contributed by atoms with van der Waals surface area (Å²) in [5, 5.41) is 0. The van der Waals surface area contributed by atoms with Crippen LogP contribution in [0.15, 0.2) is 109 Å². The van der Waals surface area contributed by atoms with E-state index in [1.165, 1.54) is 0 Å². The quantitative estimate of drug-likeness (QED) is 0.130. The van der Waals surface area contributed by atoms with Gasteiger partial charge in [-0.25, -0.2) is 14.6 Å². The third kappa shape index (κ3) is 8.79. The van der Waals surface area contributed by atoms with E-state index < -0.39 is 18.0 Å². The number of carbonyl (C=O) groups is 2. The second kappa shape index (κ2) is 15.5. The molecule has 1 atom stereocenters. The van der Waals surface area contributed by atoms with E-state index in [0.29, 0.717) is 47.4 Å². The molecule has 4 aromatic carbocycles. The van der Waals surface area contributed by atoms with Gasteiger partial charge in [-0.1, -0.05) is 97.1 Å². The predicted molar refractivity (Wildman–Crippen MR) is 173 cm³/mol. The van der Waals surface area contributed by atoms with Crippen molar-refractivity contribution in [3.63, 3.8) is 0 Å². The maximum absolute atomic E-state index is 13.4. The Morgan fingerprint density at radius 3 is 1.70 bits per heavy atom. The molecule has 8 heteroatoms. The van der Waals surface area contributed by atoms with Crippen LogP contribution in [0, 0.1) is 20.8 Å². The van der Waals surface area contributed by atoms with Crippen LogP contribution in [-0.2, 0) is 40.5 Å². The summed E-state index contributed by atoms with van der Waals surface area (Å²) in [6.07, 6.45) is -1.21. The first kappa shape index (κ1) is 31.9. The highest BCUT2D eigenvalue weighted by Gasteiger charge is 2.28. The fraction of sp³-hybridized carbons (Fsp3) is 0.211. The summed E-state index contributed by atoms with van der Waals surface area (Å²) in [4.78, 5) is 35.5. The third-order valence-electron chi connectivity index (χ3n) is 7.31. The number of hydrogen-bond acceptors (Lipinski definition) is 8. The van der Waals surface area contributed by atoms with Gasteiger partial charge in [-0.3, -0.25) is 4.98 Å². The van der Waals surface area contributed by atoms with Crippen molar-refractivity contribution in [3.05, 3.63) is 154 Å². The lowest BCUT2D eigenvalue weighted by Gasteiger charge is -2.19. The van der Waals surface area contributed by atoms with Gasteiger partial charge in [0.2, 0.25) is 6.10 Å². The smallest absolute Gasteiger partial charge is 0.359 e. The molecule has 5 aromatic rings. The standard InChI is InChI=1S/C38H36N2O6/c1-26-27(2)40-36(28(3)39-26)38(42)46-35(37(41)45-25-31-17-11-6-12-18-31)22-32-19-20-33(43-23-29-13-7-4-8-14-29)34(21-32)44-24-30-15-9-5-10-16-30/h4-21,35H,22-25H2,1-3H3. The van der Waals surface area contributed by atoms with E-state index in [4.69, 9.17) is 18.9 Å². The molecule has 1 unspecified atom stereocenters. The van der Waals surface area contributed by atoms with Crippen LogP contribution in [0.1, 0.15) is 49.8 Å². The first-order chi connectivity index (χ1) is 22.4. The molecule has 1 heterocycles. The Morgan fingerprint density at radius 2 is 1.11 bits per heavy atom. The van der Waals surface area contributed by atoms with Crippen molar-refractivity contribution in [2.75, 3.05) is 0 Å². The van der Waals surface area contributed by atoms with Crippen LogP contribution in [0.25, 0.3) is 0 Å². The molecule has 0 aliphatic carbocycles. The van der Waals surface area contributed by atoms with Crippen LogP contribution in [-0.4, -0.2) is 28.0 Å². The first-order valence-electron chi connectivity index (χ1n) is 15.1. The second-order valence-electron chi connectivity index (χ2n) is 10.8. The Morgan fingerprint density at radius 1 is 0.587 bits per heavy atom. The SMILES string of the molecule is Cc1nc(C)c(C(=O)OC(Cc2ccc(OCc3ccccc3)c(OCc3ccccc3)c2)C(=O)OCc2ccccc2)nc1C.